The molecule has 2 heterocycles. The summed E-state index contributed by atoms with van der Waals surface area (Å²) < 4.78 is 7.62. The molecule has 1 aromatic heterocycles. The molecule has 2 rings (SSSR count). The largest absolute Gasteiger partial charge is 0.486 e. The van der Waals surface area contributed by atoms with Gasteiger partial charge in [-0.2, -0.15) is 5.10 Å². The van der Waals surface area contributed by atoms with Crippen LogP contribution in [0.2, 0.25) is 0 Å². The van der Waals surface area contributed by atoms with Crippen molar-refractivity contribution >= 4 is 0 Å². The van der Waals surface area contributed by atoms with Crippen molar-refractivity contribution in [2.75, 3.05) is 13.1 Å². The fourth-order valence-corrected chi connectivity index (χ4v) is 1.97. The first-order chi connectivity index (χ1) is 7.15. The van der Waals surface area contributed by atoms with E-state index >= 15 is 0 Å². The topological polar surface area (TPSA) is 30.3 Å². The number of hydrogen-bond donors (Lipinski definition) is 0. The van der Waals surface area contributed by atoms with Crippen LogP contribution in [0.1, 0.15) is 20.3 Å². The summed E-state index contributed by atoms with van der Waals surface area (Å²) >= 11 is 0. The summed E-state index contributed by atoms with van der Waals surface area (Å²) in [5, 5.41) is 4.09. The Hall–Kier alpha value is -1.03. The van der Waals surface area contributed by atoms with Crippen molar-refractivity contribution in [3.05, 3.63) is 12.4 Å². The van der Waals surface area contributed by atoms with Crippen LogP contribution in [0.5, 0.6) is 5.75 Å². The van der Waals surface area contributed by atoms with Gasteiger partial charge < -0.3 is 4.74 Å². The maximum atomic E-state index is 5.85. The number of aryl methyl sites for hydroxylation is 1. The molecule has 0 saturated carbocycles. The second-order valence-electron chi connectivity index (χ2n) is 4.47. The van der Waals surface area contributed by atoms with Crippen molar-refractivity contribution < 1.29 is 4.74 Å². The van der Waals surface area contributed by atoms with Gasteiger partial charge in [0, 0.05) is 26.2 Å². The Balaban J connectivity index is 1.87. The molecule has 0 aliphatic carbocycles. The van der Waals surface area contributed by atoms with Crippen molar-refractivity contribution in [1.29, 1.82) is 0 Å². The third kappa shape index (κ3) is 2.50. The van der Waals surface area contributed by atoms with Crippen LogP contribution in [-0.4, -0.2) is 39.9 Å². The minimum Gasteiger partial charge on any atom is -0.486 e. The quantitative estimate of drug-likeness (QED) is 0.751. The molecule has 15 heavy (non-hydrogen) atoms. The highest BCUT2D eigenvalue weighted by atomic mass is 16.5. The molecule has 1 aliphatic rings. The van der Waals surface area contributed by atoms with Gasteiger partial charge in [0.15, 0.2) is 5.75 Å². The normalized spacial score (nSPS) is 22.5. The summed E-state index contributed by atoms with van der Waals surface area (Å²) in [4.78, 5) is 2.45. The third-order valence-electron chi connectivity index (χ3n) is 2.89. The molecule has 1 aliphatic heterocycles. The van der Waals surface area contributed by atoms with Gasteiger partial charge >= 0.3 is 0 Å². The van der Waals surface area contributed by atoms with Gasteiger partial charge in [-0.05, 0) is 20.3 Å². The van der Waals surface area contributed by atoms with Crippen LogP contribution >= 0.6 is 0 Å². The van der Waals surface area contributed by atoms with E-state index < -0.39 is 0 Å². The highest BCUT2D eigenvalue weighted by molar-refractivity contribution is 5.12. The van der Waals surface area contributed by atoms with E-state index in [9.17, 15) is 0 Å². The van der Waals surface area contributed by atoms with Gasteiger partial charge in [0.2, 0.25) is 0 Å². The first-order valence-corrected chi connectivity index (χ1v) is 5.54. The third-order valence-corrected chi connectivity index (χ3v) is 2.89. The standard InChI is InChI=1S/C11H19N3O/c1-9(2)14-5-4-10(8-14)15-11-6-12-13(3)7-11/h6-7,9-10H,4-5,8H2,1-3H3. The number of likely N-dealkylation sites (tertiary alicyclic amines) is 1. The molecule has 1 atom stereocenters. The summed E-state index contributed by atoms with van der Waals surface area (Å²) in [6.07, 6.45) is 5.14. The Kier molecular flexibility index (Phi) is 2.95. The number of ether oxygens (including phenoxy) is 1. The number of rotatable bonds is 3. The second kappa shape index (κ2) is 4.23. The zero-order valence-corrected chi connectivity index (χ0v) is 9.68. The van der Waals surface area contributed by atoms with E-state index in [0.717, 1.165) is 25.3 Å². The zero-order chi connectivity index (χ0) is 10.8. The van der Waals surface area contributed by atoms with Crippen molar-refractivity contribution in [1.82, 2.24) is 14.7 Å². The predicted molar refractivity (Wildman–Crippen MR) is 59.0 cm³/mol. The highest BCUT2D eigenvalue weighted by Crippen LogP contribution is 2.18. The van der Waals surface area contributed by atoms with Crippen LogP contribution in [0.4, 0.5) is 0 Å². The maximum absolute atomic E-state index is 5.85. The summed E-state index contributed by atoms with van der Waals surface area (Å²) in [6.45, 7) is 6.63. The van der Waals surface area contributed by atoms with E-state index in [1.165, 1.54) is 0 Å². The highest BCUT2D eigenvalue weighted by Gasteiger charge is 2.25. The molecule has 4 nitrogen and oxygen atoms in total. The summed E-state index contributed by atoms with van der Waals surface area (Å²) in [7, 11) is 1.90. The van der Waals surface area contributed by atoms with Crippen molar-refractivity contribution in [2.45, 2.75) is 32.4 Å². The van der Waals surface area contributed by atoms with Gasteiger partial charge in [0.25, 0.3) is 0 Å². The average molecular weight is 209 g/mol. The van der Waals surface area contributed by atoms with E-state index in [2.05, 4.69) is 23.8 Å². The van der Waals surface area contributed by atoms with Crippen molar-refractivity contribution in [3.8, 4) is 5.75 Å². The van der Waals surface area contributed by atoms with Gasteiger partial charge in [-0.3, -0.25) is 9.58 Å². The lowest BCUT2D eigenvalue weighted by Crippen LogP contribution is -2.30. The van der Waals surface area contributed by atoms with Gasteiger partial charge in [-0.1, -0.05) is 0 Å². The Bertz CT molecular complexity index is 321. The molecule has 0 aromatic carbocycles. The van der Waals surface area contributed by atoms with E-state index in [0.29, 0.717) is 12.1 Å². The van der Waals surface area contributed by atoms with Crippen LogP contribution in [-0.2, 0) is 7.05 Å². The number of aromatic nitrogens is 2. The Morgan fingerprint density at radius 2 is 2.33 bits per heavy atom. The van der Waals surface area contributed by atoms with Gasteiger partial charge in [0.1, 0.15) is 6.10 Å². The average Bonchev–Trinajstić information content (AvgIpc) is 2.76. The smallest absolute Gasteiger partial charge is 0.157 e. The summed E-state index contributed by atoms with van der Waals surface area (Å²) in [5.41, 5.74) is 0. The fourth-order valence-electron chi connectivity index (χ4n) is 1.97. The Morgan fingerprint density at radius 3 is 2.87 bits per heavy atom. The molecule has 4 heteroatoms. The summed E-state index contributed by atoms with van der Waals surface area (Å²) in [5.74, 6) is 0.883. The van der Waals surface area contributed by atoms with Crippen molar-refractivity contribution in [3.63, 3.8) is 0 Å². The zero-order valence-electron chi connectivity index (χ0n) is 9.68. The monoisotopic (exact) mass is 209 g/mol. The predicted octanol–water partition coefficient (Wildman–Crippen LogP) is 1.28. The van der Waals surface area contributed by atoms with Crippen molar-refractivity contribution in [2.24, 2.45) is 7.05 Å². The van der Waals surface area contributed by atoms with E-state index in [-0.39, 0.29) is 0 Å². The minimum absolute atomic E-state index is 0.330. The summed E-state index contributed by atoms with van der Waals surface area (Å²) in [6, 6.07) is 0.618. The Morgan fingerprint density at radius 1 is 1.53 bits per heavy atom. The molecule has 1 aromatic rings. The molecule has 1 unspecified atom stereocenters. The molecule has 0 spiro atoms. The second-order valence-corrected chi connectivity index (χ2v) is 4.47. The van der Waals surface area contributed by atoms with Crippen LogP contribution in [0.15, 0.2) is 12.4 Å². The molecular weight excluding hydrogens is 190 g/mol. The van der Waals surface area contributed by atoms with Gasteiger partial charge in [-0.15, -0.1) is 0 Å². The number of hydrogen-bond acceptors (Lipinski definition) is 3. The lowest BCUT2D eigenvalue weighted by molar-refractivity contribution is 0.187. The fraction of sp³-hybridized carbons (Fsp3) is 0.727. The van der Waals surface area contributed by atoms with Crippen LogP contribution < -0.4 is 4.74 Å². The lowest BCUT2D eigenvalue weighted by Gasteiger charge is -2.20. The molecule has 84 valence electrons. The first-order valence-electron chi connectivity index (χ1n) is 5.54. The molecule has 0 N–H and O–H groups in total. The molecule has 0 bridgehead atoms. The molecule has 0 radical (unpaired) electrons. The van der Waals surface area contributed by atoms with E-state index in [1.807, 2.05) is 13.2 Å². The minimum atomic E-state index is 0.330. The number of nitrogens with zero attached hydrogens (tertiary/aromatic N) is 3. The molecule has 1 saturated heterocycles. The van der Waals surface area contributed by atoms with Gasteiger partial charge in [-0.25, -0.2) is 0 Å². The molecule has 0 amide bonds. The van der Waals surface area contributed by atoms with Crippen LogP contribution in [0.3, 0.4) is 0 Å². The molecule has 1 fully saturated rings. The molecular formula is C11H19N3O. The SMILES string of the molecule is CC(C)N1CCC(Oc2cnn(C)c2)C1. The van der Waals surface area contributed by atoms with E-state index in [4.69, 9.17) is 4.74 Å². The van der Waals surface area contributed by atoms with E-state index in [1.54, 1.807) is 10.9 Å². The van der Waals surface area contributed by atoms with Crippen LogP contribution in [0.25, 0.3) is 0 Å². The van der Waals surface area contributed by atoms with Crippen LogP contribution in [0, 0.1) is 0 Å². The first kappa shape index (κ1) is 10.5. The maximum Gasteiger partial charge on any atom is 0.157 e. The Labute approximate surface area is 90.8 Å². The van der Waals surface area contributed by atoms with Gasteiger partial charge in [0.05, 0.1) is 12.4 Å². The lowest BCUT2D eigenvalue weighted by atomic mass is 10.3.